The van der Waals surface area contributed by atoms with Crippen LogP contribution in [0.2, 0.25) is 10.0 Å². The zero-order chi connectivity index (χ0) is 14.0. The van der Waals surface area contributed by atoms with Crippen molar-refractivity contribution >= 4 is 23.2 Å². The normalized spacial score (nSPS) is 12.7. The molecule has 1 aromatic heterocycles. The monoisotopic (exact) mass is 301 g/mol. The molecule has 3 nitrogen and oxygen atoms in total. The molecule has 0 fully saturated rings. The van der Waals surface area contributed by atoms with E-state index in [4.69, 9.17) is 23.2 Å². The van der Waals surface area contributed by atoms with Gasteiger partial charge in [0.15, 0.2) is 0 Å². The number of halogens is 3. The maximum Gasteiger partial charge on any atom is 0.142 e. The Morgan fingerprint density at radius 3 is 2.74 bits per heavy atom. The molecule has 6 heteroatoms. The van der Waals surface area contributed by atoms with Gasteiger partial charge in [-0.25, -0.2) is 4.39 Å². The van der Waals surface area contributed by atoms with E-state index in [0.29, 0.717) is 17.1 Å². The van der Waals surface area contributed by atoms with E-state index in [1.165, 1.54) is 12.1 Å². The van der Waals surface area contributed by atoms with Crippen molar-refractivity contribution in [2.24, 2.45) is 7.05 Å². The van der Waals surface area contributed by atoms with Crippen LogP contribution in [0.25, 0.3) is 0 Å². The van der Waals surface area contributed by atoms with Gasteiger partial charge in [-0.1, -0.05) is 23.2 Å². The Balaban J connectivity index is 2.12. The Hall–Kier alpha value is -1.10. The number of nitrogens with one attached hydrogen (secondary N) is 1. The van der Waals surface area contributed by atoms with Crippen molar-refractivity contribution in [2.45, 2.75) is 19.5 Å². The Morgan fingerprint density at radius 1 is 1.37 bits per heavy atom. The first-order valence-corrected chi connectivity index (χ1v) is 6.60. The van der Waals surface area contributed by atoms with Crippen LogP contribution in [0.1, 0.15) is 24.2 Å². The Bertz CT molecular complexity index is 583. The fourth-order valence-corrected chi connectivity index (χ4v) is 2.55. The topological polar surface area (TPSA) is 29.9 Å². The highest BCUT2D eigenvalue weighted by Gasteiger charge is 2.16. The molecule has 0 aliphatic rings. The molecular formula is C13H14Cl2FN3. The first-order valence-electron chi connectivity index (χ1n) is 5.84. The zero-order valence-electron chi connectivity index (χ0n) is 10.6. The van der Waals surface area contributed by atoms with Gasteiger partial charge in [-0.05, 0) is 25.1 Å². The van der Waals surface area contributed by atoms with Crippen LogP contribution in [0.3, 0.4) is 0 Å². The molecule has 2 aromatic rings. The molecule has 0 bridgehead atoms. The summed E-state index contributed by atoms with van der Waals surface area (Å²) in [5, 5.41) is 7.99. The third-order valence-electron chi connectivity index (χ3n) is 2.87. The Kier molecular flexibility index (Phi) is 4.45. The van der Waals surface area contributed by atoms with E-state index in [9.17, 15) is 4.39 Å². The van der Waals surface area contributed by atoms with E-state index < -0.39 is 5.82 Å². The Labute approximate surface area is 121 Å². The third-order valence-corrected chi connectivity index (χ3v) is 3.58. The minimum atomic E-state index is -0.465. The molecule has 0 saturated carbocycles. The van der Waals surface area contributed by atoms with Gasteiger partial charge in [0.25, 0.3) is 0 Å². The van der Waals surface area contributed by atoms with Crippen LogP contribution < -0.4 is 5.32 Å². The van der Waals surface area contributed by atoms with Crippen LogP contribution in [-0.2, 0) is 13.6 Å². The molecule has 1 atom stereocenters. The van der Waals surface area contributed by atoms with E-state index in [2.05, 4.69) is 10.4 Å². The first kappa shape index (κ1) is 14.3. The van der Waals surface area contributed by atoms with Gasteiger partial charge >= 0.3 is 0 Å². The molecule has 1 heterocycles. The molecule has 1 aromatic carbocycles. The largest absolute Gasteiger partial charge is 0.304 e. The number of benzene rings is 1. The average Bonchev–Trinajstić information content (AvgIpc) is 2.78. The lowest BCUT2D eigenvalue weighted by Crippen LogP contribution is -2.19. The number of aryl methyl sites for hydroxylation is 1. The van der Waals surface area contributed by atoms with Crippen molar-refractivity contribution in [3.8, 4) is 0 Å². The van der Waals surface area contributed by atoms with Gasteiger partial charge < -0.3 is 5.32 Å². The highest BCUT2D eigenvalue weighted by molar-refractivity contribution is 6.36. The minimum absolute atomic E-state index is 0.0634. The number of aromatic nitrogens is 2. The molecule has 1 N–H and O–H groups in total. The van der Waals surface area contributed by atoms with Gasteiger partial charge in [-0.15, -0.1) is 0 Å². The minimum Gasteiger partial charge on any atom is -0.304 e. The summed E-state index contributed by atoms with van der Waals surface area (Å²) in [7, 11) is 1.85. The van der Waals surface area contributed by atoms with Crippen molar-refractivity contribution in [3.63, 3.8) is 0 Å². The quantitative estimate of drug-likeness (QED) is 0.872. The van der Waals surface area contributed by atoms with Gasteiger partial charge in [0.2, 0.25) is 0 Å². The molecule has 2 rings (SSSR count). The first-order chi connectivity index (χ1) is 8.99. The maximum atomic E-state index is 13.5. The van der Waals surface area contributed by atoms with Gasteiger partial charge in [0.1, 0.15) is 5.82 Å². The summed E-state index contributed by atoms with van der Waals surface area (Å²) in [5.41, 5.74) is 1.47. The smallest absolute Gasteiger partial charge is 0.142 e. The van der Waals surface area contributed by atoms with E-state index in [-0.39, 0.29) is 11.1 Å². The zero-order valence-corrected chi connectivity index (χ0v) is 12.1. The van der Waals surface area contributed by atoms with Gasteiger partial charge in [-0.2, -0.15) is 5.10 Å². The van der Waals surface area contributed by atoms with E-state index >= 15 is 0 Å². The van der Waals surface area contributed by atoms with Gasteiger partial charge in [-0.3, -0.25) is 4.68 Å². The highest BCUT2D eigenvalue weighted by atomic mass is 35.5. The SMILES string of the molecule is CC(NCc1ccn(C)n1)c1c(Cl)ccc(F)c1Cl. The van der Waals surface area contributed by atoms with Gasteiger partial charge in [0, 0.05) is 36.4 Å². The van der Waals surface area contributed by atoms with Crippen LogP contribution in [0, 0.1) is 5.82 Å². The standard InChI is InChI=1S/C13H14Cl2FN3/c1-8(17-7-9-5-6-19(2)18-9)12-10(14)3-4-11(16)13(12)15/h3-6,8,17H,7H2,1-2H3. The van der Waals surface area contributed by atoms with Crippen LogP contribution in [-0.4, -0.2) is 9.78 Å². The molecule has 1 unspecified atom stereocenters. The summed E-state index contributed by atoms with van der Waals surface area (Å²) >= 11 is 12.0. The molecule has 0 spiro atoms. The van der Waals surface area contributed by atoms with Crippen molar-refractivity contribution in [3.05, 3.63) is 51.5 Å². The molecule has 0 saturated heterocycles. The van der Waals surface area contributed by atoms with Crippen LogP contribution in [0.15, 0.2) is 24.4 Å². The summed E-state index contributed by atoms with van der Waals surface area (Å²) in [5.74, 6) is -0.465. The molecule has 0 aliphatic heterocycles. The van der Waals surface area contributed by atoms with Gasteiger partial charge in [0.05, 0.1) is 10.7 Å². The summed E-state index contributed by atoms with van der Waals surface area (Å²) in [4.78, 5) is 0. The molecule has 0 aliphatic carbocycles. The van der Waals surface area contributed by atoms with Crippen molar-refractivity contribution in [1.82, 2.24) is 15.1 Å². The number of hydrogen-bond acceptors (Lipinski definition) is 2. The predicted octanol–water partition coefficient (Wildman–Crippen LogP) is 3.72. The van der Waals surface area contributed by atoms with Crippen LogP contribution in [0.5, 0.6) is 0 Å². The second kappa shape index (κ2) is 5.90. The molecule has 0 amide bonds. The maximum absolute atomic E-state index is 13.5. The lowest BCUT2D eigenvalue weighted by Gasteiger charge is -2.17. The lowest BCUT2D eigenvalue weighted by atomic mass is 10.1. The fourth-order valence-electron chi connectivity index (χ4n) is 1.86. The Morgan fingerprint density at radius 2 is 2.11 bits per heavy atom. The fraction of sp³-hybridized carbons (Fsp3) is 0.308. The third kappa shape index (κ3) is 3.26. The highest BCUT2D eigenvalue weighted by Crippen LogP contribution is 2.32. The average molecular weight is 302 g/mol. The van der Waals surface area contributed by atoms with Crippen molar-refractivity contribution in [1.29, 1.82) is 0 Å². The second-order valence-electron chi connectivity index (χ2n) is 4.34. The second-order valence-corrected chi connectivity index (χ2v) is 5.13. The van der Waals surface area contributed by atoms with Crippen LogP contribution in [0.4, 0.5) is 4.39 Å². The summed E-state index contributed by atoms with van der Waals surface area (Å²) in [6.07, 6.45) is 1.86. The number of nitrogens with zero attached hydrogens (tertiary/aromatic N) is 2. The number of rotatable bonds is 4. The molecule has 0 radical (unpaired) electrons. The summed E-state index contributed by atoms with van der Waals surface area (Å²) in [6.45, 7) is 2.45. The van der Waals surface area contributed by atoms with E-state index in [1.54, 1.807) is 4.68 Å². The molecular weight excluding hydrogens is 288 g/mol. The van der Waals surface area contributed by atoms with Crippen LogP contribution >= 0.6 is 23.2 Å². The number of hydrogen-bond donors (Lipinski definition) is 1. The van der Waals surface area contributed by atoms with E-state index in [0.717, 1.165) is 5.69 Å². The summed E-state index contributed by atoms with van der Waals surface area (Å²) < 4.78 is 15.2. The molecule has 102 valence electrons. The summed E-state index contributed by atoms with van der Waals surface area (Å²) in [6, 6.07) is 4.52. The van der Waals surface area contributed by atoms with Crippen molar-refractivity contribution < 1.29 is 4.39 Å². The molecule has 19 heavy (non-hydrogen) atoms. The van der Waals surface area contributed by atoms with E-state index in [1.807, 2.05) is 26.2 Å². The lowest BCUT2D eigenvalue weighted by molar-refractivity contribution is 0.555. The van der Waals surface area contributed by atoms with Crippen molar-refractivity contribution in [2.75, 3.05) is 0 Å². The predicted molar refractivity (Wildman–Crippen MR) is 74.9 cm³/mol.